The van der Waals surface area contributed by atoms with Gasteiger partial charge >= 0.3 is 6.36 Å². The van der Waals surface area contributed by atoms with Crippen LogP contribution in [-0.2, 0) is 4.74 Å². The summed E-state index contributed by atoms with van der Waals surface area (Å²) in [6, 6.07) is 0. The molecule has 0 heterocycles. The molecule has 2 atom stereocenters. The molecule has 5 heteroatoms. The summed E-state index contributed by atoms with van der Waals surface area (Å²) >= 11 is 2.97. The van der Waals surface area contributed by atoms with Crippen molar-refractivity contribution >= 4 is 15.9 Å². The van der Waals surface area contributed by atoms with Crippen LogP contribution in [0.5, 0.6) is 0 Å². The Balaban J connectivity index is 3.68. The van der Waals surface area contributed by atoms with Gasteiger partial charge in [0, 0.05) is 4.83 Å². The molecule has 0 aromatic rings. The van der Waals surface area contributed by atoms with Crippen molar-refractivity contribution in [1.82, 2.24) is 0 Å². The summed E-state index contributed by atoms with van der Waals surface area (Å²) in [6.45, 7) is 2.95. The van der Waals surface area contributed by atoms with Gasteiger partial charge in [-0.05, 0) is 6.92 Å². The molecule has 0 amide bonds. The molecule has 0 saturated carbocycles. The first-order chi connectivity index (χ1) is 4.33. The molecule has 0 aromatic carbocycles. The van der Waals surface area contributed by atoms with Gasteiger partial charge in [-0.2, -0.15) is 0 Å². The van der Waals surface area contributed by atoms with Crippen molar-refractivity contribution in [3.63, 3.8) is 0 Å². The molecule has 10 heavy (non-hydrogen) atoms. The third-order valence-corrected chi connectivity index (χ3v) is 1.71. The molecule has 0 fully saturated rings. The van der Waals surface area contributed by atoms with Gasteiger partial charge in [0.15, 0.2) is 0 Å². The van der Waals surface area contributed by atoms with Crippen LogP contribution in [0.15, 0.2) is 0 Å². The van der Waals surface area contributed by atoms with E-state index in [0.717, 1.165) is 0 Å². The van der Waals surface area contributed by atoms with E-state index in [0.29, 0.717) is 0 Å². The highest BCUT2D eigenvalue weighted by molar-refractivity contribution is 9.09. The number of alkyl halides is 4. The molecule has 0 aliphatic heterocycles. The fourth-order valence-electron chi connectivity index (χ4n) is 0.305. The highest BCUT2D eigenvalue weighted by Gasteiger charge is 2.32. The Morgan fingerprint density at radius 1 is 1.30 bits per heavy atom. The lowest BCUT2D eigenvalue weighted by Crippen LogP contribution is -2.26. The lowest BCUT2D eigenvalue weighted by molar-refractivity contribution is -0.339. The van der Waals surface area contributed by atoms with Crippen molar-refractivity contribution < 1.29 is 17.9 Å². The minimum atomic E-state index is -4.53. The molecule has 0 N–H and O–H groups in total. The molecule has 62 valence electrons. The Labute approximate surface area is 65.7 Å². The van der Waals surface area contributed by atoms with Crippen LogP contribution in [0.25, 0.3) is 0 Å². The first kappa shape index (κ1) is 10.2. The first-order valence-corrected chi connectivity index (χ1v) is 3.63. The molecule has 0 bridgehead atoms. The van der Waals surface area contributed by atoms with Crippen LogP contribution in [0.2, 0.25) is 0 Å². The Hall–Kier alpha value is 0.230. The second-order valence-electron chi connectivity index (χ2n) is 1.95. The third kappa shape index (κ3) is 5.05. The Bertz CT molecular complexity index is 102. The smallest absolute Gasteiger partial charge is 0.288 e. The molecule has 1 nitrogen and oxygen atoms in total. The van der Waals surface area contributed by atoms with Crippen molar-refractivity contribution in [2.75, 3.05) is 0 Å². The van der Waals surface area contributed by atoms with Crippen molar-refractivity contribution in [1.29, 1.82) is 0 Å². The van der Waals surface area contributed by atoms with E-state index in [-0.39, 0.29) is 4.83 Å². The monoisotopic (exact) mass is 220 g/mol. The first-order valence-electron chi connectivity index (χ1n) is 2.71. The lowest BCUT2D eigenvalue weighted by Gasteiger charge is -2.16. The van der Waals surface area contributed by atoms with Crippen LogP contribution in [0.3, 0.4) is 0 Å². The van der Waals surface area contributed by atoms with E-state index < -0.39 is 12.5 Å². The second-order valence-corrected chi connectivity index (χ2v) is 3.39. The van der Waals surface area contributed by atoms with Crippen molar-refractivity contribution in [3.8, 4) is 0 Å². The lowest BCUT2D eigenvalue weighted by atomic mass is 10.3. The zero-order chi connectivity index (χ0) is 8.36. The molecule has 0 radical (unpaired) electrons. The van der Waals surface area contributed by atoms with Gasteiger partial charge in [0.05, 0.1) is 6.10 Å². The van der Waals surface area contributed by atoms with Crippen LogP contribution >= 0.6 is 15.9 Å². The van der Waals surface area contributed by atoms with Crippen LogP contribution in [-0.4, -0.2) is 17.3 Å². The molecule has 0 spiro atoms. The summed E-state index contributed by atoms with van der Waals surface area (Å²) in [5.74, 6) is 0. The van der Waals surface area contributed by atoms with E-state index in [4.69, 9.17) is 0 Å². The van der Waals surface area contributed by atoms with E-state index >= 15 is 0 Å². The SMILES string of the molecule is CC(OC(F)(F)F)[C@@H](C)Br. The maximum Gasteiger partial charge on any atom is 0.522 e. The quantitative estimate of drug-likeness (QED) is 0.651. The highest BCUT2D eigenvalue weighted by Crippen LogP contribution is 2.21. The van der Waals surface area contributed by atoms with Gasteiger partial charge in [-0.15, -0.1) is 13.2 Å². The van der Waals surface area contributed by atoms with Crippen LogP contribution < -0.4 is 0 Å². The predicted molar refractivity (Wildman–Crippen MR) is 35.0 cm³/mol. The molecular weight excluding hydrogens is 213 g/mol. The minimum Gasteiger partial charge on any atom is -0.288 e. The number of rotatable bonds is 2. The van der Waals surface area contributed by atoms with E-state index in [2.05, 4.69) is 20.7 Å². The fraction of sp³-hybridized carbons (Fsp3) is 1.00. The topological polar surface area (TPSA) is 9.23 Å². The van der Waals surface area contributed by atoms with Crippen molar-refractivity contribution in [3.05, 3.63) is 0 Å². The summed E-state index contributed by atoms with van der Waals surface area (Å²) in [6.07, 6.45) is -5.37. The molecular formula is C5H8BrF3O. The minimum absolute atomic E-state index is 0.297. The summed E-state index contributed by atoms with van der Waals surface area (Å²) in [5, 5.41) is 0. The maximum absolute atomic E-state index is 11.4. The molecule has 1 unspecified atom stereocenters. The zero-order valence-corrected chi connectivity index (χ0v) is 7.16. The van der Waals surface area contributed by atoms with E-state index in [1.165, 1.54) is 6.92 Å². The summed E-state index contributed by atoms with van der Waals surface area (Å²) < 4.78 is 37.9. The van der Waals surface area contributed by atoms with Gasteiger partial charge in [-0.25, -0.2) is 0 Å². The van der Waals surface area contributed by atoms with Crippen molar-refractivity contribution in [2.24, 2.45) is 0 Å². The summed E-state index contributed by atoms with van der Waals surface area (Å²) in [5.41, 5.74) is 0. The average molecular weight is 221 g/mol. The zero-order valence-electron chi connectivity index (χ0n) is 5.57. The maximum atomic E-state index is 11.4. The van der Waals surface area contributed by atoms with Gasteiger partial charge in [-0.3, -0.25) is 4.74 Å². The van der Waals surface area contributed by atoms with Gasteiger partial charge in [0.25, 0.3) is 0 Å². The van der Waals surface area contributed by atoms with E-state index in [9.17, 15) is 13.2 Å². The average Bonchev–Trinajstić information content (AvgIpc) is 1.60. The number of halogens is 4. The molecule has 0 aliphatic rings. The Morgan fingerprint density at radius 2 is 1.70 bits per heavy atom. The van der Waals surface area contributed by atoms with Gasteiger partial charge < -0.3 is 0 Å². The number of ether oxygens (including phenoxy) is 1. The molecule has 0 aliphatic carbocycles. The standard InChI is InChI=1S/C5H8BrF3O/c1-3(6)4(2)10-5(7,8)9/h3-4H,1-2H3/t3-,4?/m1/s1. The van der Waals surface area contributed by atoms with Crippen molar-refractivity contribution in [2.45, 2.75) is 31.1 Å². The third-order valence-electron chi connectivity index (χ3n) is 0.966. The van der Waals surface area contributed by atoms with Crippen LogP contribution in [0.4, 0.5) is 13.2 Å². The molecule has 0 rings (SSSR count). The highest BCUT2D eigenvalue weighted by atomic mass is 79.9. The normalized spacial score (nSPS) is 18.6. The largest absolute Gasteiger partial charge is 0.522 e. The van der Waals surface area contributed by atoms with Gasteiger partial charge in [-0.1, -0.05) is 22.9 Å². The van der Waals surface area contributed by atoms with Crippen LogP contribution in [0, 0.1) is 0 Å². The van der Waals surface area contributed by atoms with Crippen LogP contribution in [0.1, 0.15) is 13.8 Å². The fourth-order valence-corrected chi connectivity index (χ4v) is 0.412. The second kappa shape index (κ2) is 3.57. The Kier molecular flexibility index (Phi) is 3.65. The van der Waals surface area contributed by atoms with Gasteiger partial charge in [0.1, 0.15) is 0 Å². The number of hydrogen-bond donors (Lipinski definition) is 0. The van der Waals surface area contributed by atoms with E-state index in [1.54, 1.807) is 6.92 Å². The Morgan fingerprint density at radius 3 is 1.80 bits per heavy atom. The molecule has 0 aromatic heterocycles. The molecule has 0 saturated heterocycles. The summed E-state index contributed by atoms with van der Waals surface area (Å²) in [7, 11) is 0. The predicted octanol–water partition coefficient (Wildman–Crippen LogP) is 2.69. The van der Waals surface area contributed by atoms with Gasteiger partial charge in [0.2, 0.25) is 0 Å². The van der Waals surface area contributed by atoms with E-state index in [1.807, 2.05) is 0 Å². The summed E-state index contributed by atoms with van der Waals surface area (Å²) in [4.78, 5) is -0.297. The number of hydrogen-bond acceptors (Lipinski definition) is 1.